The normalized spacial score (nSPS) is 11.8. The molecule has 4 heteroatoms. The predicted molar refractivity (Wildman–Crippen MR) is 507 cm³/mol. The van der Waals surface area contributed by atoms with E-state index in [2.05, 4.69) is 446 Å². The molecule has 21 aromatic carbocycles. The summed E-state index contributed by atoms with van der Waals surface area (Å²) in [4.78, 5) is 0. The van der Waals surface area contributed by atoms with Crippen molar-refractivity contribution in [1.29, 1.82) is 0 Å². The highest BCUT2D eigenvalue weighted by Gasteiger charge is 2.25. The Morgan fingerprint density at radius 2 is 0.392 bits per heavy atom. The molecular weight excluding hydrogens is 1450 g/mol. The molecule has 25 aromatic rings. The molecule has 0 radical (unpaired) electrons. The molecule has 0 aliphatic rings. The molecule has 4 heterocycles. The van der Waals surface area contributed by atoms with E-state index in [0.29, 0.717) is 0 Å². The minimum atomic E-state index is 0.908. The van der Waals surface area contributed by atoms with Gasteiger partial charge in [0.25, 0.3) is 0 Å². The number of hydrogen-bond acceptors (Lipinski definition) is 2. The molecule has 0 unspecified atom stereocenters. The highest BCUT2D eigenvalue weighted by Crippen LogP contribution is 2.50. The van der Waals surface area contributed by atoms with Gasteiger partial charge in [-0.3, -0.25) is 0 Å². The van der Waals surface area contributed by atoms with Crippen molar-refractivity contribution in [2.75, 3.05) is 0 Å². The summed E-state index contributed by atoms with van der Waals surface area (Å²) in [6.45, 7) is 0. The average Bonchev–Trinajstić information content (AvgIpc) is 1.74. The third-order valence-corrected chi connectivity index (χ3v) is 25.0. The number of rotatable bonds is 10. The molecule has 0 bridgehead atoms. The van der Waals surface area contributed by atoms with Gasteiger partial charge in [-0.2, -0.15) is 0 Å². The maximum Gasteiger partial charge on any atom is 0.143 e. The number of hydrogen-bond donors (Lipinski definition) is 0. The van der Waals surface area contributed by atoms with Crippen LogP contribution in [0.25, 0.3) is 242 Å². The number of para-hydroxylation sites is 6. The molecule has 4 aromatic heterocycles. The highest BCUT2D eigenvalue weighted by molar-refractivity contribution is 6.24. The van der Waals surface area contributed by atoms with Gasteiger partial charge in [-0.25, -0.2) is 0 Å². The van der Waals surface area contributed by atoms with Crippen LogP contribution in [-0.2, 0) is 0 Å². The van der Waals surface area contributed by atoms with Crippen molar-refractivity contribution < 1.29 is 8.83 Å². The minimum absolute atomic E-state index is 0.908. The molecule has 0 aliphatic carbocycles. The van der Waals surface area contributed by atoms with Gasteiger partial charge in [0.15, 0.2) is 0 Å². The van der Waals surface area contributed by atoms with E-state index < -0.39 is 0 Å². The molecular formula is C116H72N2O2. The van der Waals surface area contributed by atoms with Gasteiger partial charge in [0.1, 0.15) is 22.3 Å². The van der Waals surface area contributed by atoms with Crippen molar-refractivity contribution in [3.63, 3.8) is 0 Å². The first-order valence-electron chi connectivity index (χ1n) is 41.3. The van der Waals surface area contributed by atoms with Crippen LogP contribution in [0.4, 0.5) is 0 Å². The summed E-state index contributed by atoms with van der Waals surface area (Å²) in [5.74, 6) is 0. The Morgan fingerprint density at radius 3 is 0.775 bits per heavy atom. The number of fused-ring (bicyclic) bond motifs is 17. The smallest absolute Gasteiger partial charge is 0.143 e. The lowest BCUT2D eigenvalue weighted by atomic mass is 9.86. The van der Waals surface area contributed by atoms with Crippen LogP contribution in [0.2, 0.25) is 0 Å². The molecule has 0 spiro atoms. The topological polar surface area (TPSA) is 36.1 Å². The molecule has 0 fully saturated rings. The lowest BCUT2D eigenvalue weighted by Crippen LogP contribution is -1.94. The number of furan rings is 2. The van der Waals surface area contributed by atoms with Crippen molar-refractivity contribution in [3.8, 4) is 100 Å². The van der Waals surface area contributed by atoms with Crippen molar-refractivity contribution in [1.82, 2.24) is 9.13 Å². The molecule has 0 amide bonds. The SMILES string of the molecule is c1ccc(-c2c3ccccc3c(-c3ccc(-n4c5ccccc5c5cc(-c6cccc7c6oc6c(-c8cccc9ccccc89)cccc67)ccc54)cc3)c3ccccc23)cc1.c1ccc(-c2c3ccccc3c(-c3ccc(-n4c5ccccc5c5cc(-c6cccc7c6oc6c(-c8ccccc8)cccc67)ccc54)cc3)c3ccccc23)cc1. The maximum atomic E-state index is 6.97. The summed E-state index contributed by atoms with van der Waals surface area (Å²) in [5, 5.41) is 21.9. The Hall–Kier alpha value is -15.9. The fraction of sp³-hybridized carbons (Fsp3) is 0. The summed E-state index contributed by atoms with van der Waals surface area (Å²) >= 11 is 0. The van der Waals surface area contributed by atoms with Gasteiger partial charge in [-0.15, -0.1) is 0 Å². The van der Waals surface area contributed by atoms with Crippen LogP contribution in [0.5, 0.6) is 0 Å². The monoisotopic (exact) mass is 1520 g/mol. The van der Waals surface area contributed by atoms with Crippen molar-refractivity contribution >= 4 is 141 Å². The van der Waals surface area contributed by atoms with E-state index in [1.165, 1.54) is 148 Å². The molecule has 25 rings (SSSR count). The number of benzene rings is 21. The van der Waals surface area contributed by atoms with Gasteiger partial charge in [0.2, 0.25) is 0 Å². The van der Waals surface area contributed by atoms with Crippen LogP contribution in [0.1, 0.15) is 0 Å². The minimum Gasteiger partial charge on any atom is -0.455 e. The molecule has 0 saturated carbocycles. The second kappa shape index (κ2) is 28.0. The predicted octanol–water partition coefficient (Wildman–Crippen LogP) is 32.5. The Bertz CT molecular complexity index is 8320. The number of nitrogens with zero attached hydrogens (tertiary/aromatic N) is 2. The van der Waals surface area contributed by atoms with Crippen molar-refractivity contribution in [2.45, 2.75) is 0 Å². The van der Waals surface area contributed by atoms with Crippen molar-refractivity contribution in [2.24, 2.45) is 0 Å². The van der Waals surface area contributed by atoms with Gasteiger partial charge in [0.05, 0.1) is 22.1 Å². The fourth-order valence-corrected chi connectivity index (χ4v) is 19.7. The summed E-state index contributed by atoms with van der Waals surface area (Å²) in [7, 11) is 0. The highest BCUT2D eigenvalue weighted by atomic mass is 16.3. The zero-order valence-electron chi connectivity index (χ0n) is 65.3. The van der Waals surface area contributed by atoms with E-state index in [4.69, 9.17) is 8.83 Å². The van der Waals surface area contributed by atoms with Crippen LogP contribution in [-0.4, -0.2) is 9.13 Å². The average molecular weight is 1530 g/mol. The first-order valence-corrected chi connectivity index (χ1v) is 41.3. The van der Waals surface area contributed by atoms with E-state index >= 15 is 0 Å². The third-order valence-electron chi connectivity index (χ3n) is 25.0. The fourth-order valence-electron chi connectivity index (χ4n) is 19.7. The van der Waals surface area contributed by atoms with Gasteiger partial charge in [0, 0.05) is 76.7 Å². The quantitative estimate of drug-likeness (QED) is 0.128. The summed E-state index contributed by atoms with van der Waals surface area (Å²) < 4.78 is 18.6. The molecule has 4 nitrogen and oxygen atoms in total. The largest absolute Gasteiger partial charge is 0.455 e. The Morgan fingerprint density at radius 1 is 0.142 bits per heavy atom. The summed E-state index contributed by atoms with van der Waals surface area (Å²) in [6.07, 6.45) is 0. The van der Waals surface area contributed by atoms with Crippen LogP contribution >= 0.6 is 0 Å². The van der Waals surface area contributed by atoms with E-state index in [-0.39, 0.29) is 0 Å². The van der Waals surface area contributed by atoms with Crippen LogP contribution < -0.4 is 0 Å². The second-order valence-electron chi connectivity index (χ2n) is 31.5. The van der Waals surface area contributed by atoms with Crippen LogP contribution in [0.15, 0.2) is 446 Å². The standard InChI is InChI=1S/C60H37NO.C56H35NO/c1-2-16-39(17-3-1)57-47-21-6-8-23-49(47)58(50-24-9-7-22-48(50)57)40-31-34-42(35-32-40)61-55-30-11-10-20-46(55)54-37-41(33-36-56(54)61)44-25-13-28-52-53-29-14-27-51(60(53)62-59(44)52)45-26-12-18-38-15-4-5-19-43(38)45;1-3-15-36(16-4-1)41-24-13-26-48-49-27-14-25-42(56(49)58-55(41)48)39-31-34-52-50(35-39)43-19-11-12-28-51(43)57(52)40-32-29-38(30-33-40)54-46-22-9-7-20-44(46)53(37-17-5-2-6-18-37)45-21-8-10-23-47(45)54/h1-37H;1-35H. The number of aromatic nitrogens is 2. The van der Waals surface area contributed by atoms with Gasteiger partial charge >= 0.3 is 0 Å². The zero-order valence-corrected chi connectivity index (χ0v) is 65.3. The van der Waals surface area contributed by atoms with E-state index in [0.717, 1.165) is 94.2 Å². The second-order valence-corrected chi connectivity index (χ2v) is 31.5. The molecule has 0 saturated heterocycles. The molecule has 0 atom stereocenters. The molecule has 0 N–H and O–H groups in total. The zero-order chi connectivity index (χ0) is 78.9. The van der Waals surface area contributed by atoms with Gasteiger partial charge in [-0.05, 0) is 181 Å². The lowest BCUT2D eigenvalue weighted by molar-refractivity contribution is 0.670. The van der Waals surface area contributed by atoms with E-state index in [1.807, 2.05) is 0 Å². The molecule has 120 heavy (non-hydrogen) atoms. The van der Waals surface area contributed by atoms with Crippen LogP contribution in [0, 0.1) is 0 Å². The molecule has 558 valence electrons. The van der Waals surface area contributed by atoms with Crippen LogP contribution in [0.3, 0.4) is 0 Å². The summed E-state index contributed by atoms with van der Waals surface area (Å²) in [5.41, 5.74) is 29.6. The maximum absolute atomic E-state index is 6.97. The molecule has 0 aliphatic heterocycles. The Balaban J connectivity index is 0.000000137. The third kappa shape index (κ3) is 10.9. The van der Waals surface area contributed by atoms with E-state index in [9.17, 15) is 0 Å². The first-order chi connectivity index (χ1) is 59.6. The first kappa shape index (κ1) is 68.5. The van der Waals surface area contributed by atoms with Gasteiger partial charge < -0.3 is 18.0 Å². The Kier molecular flexibility index (Phi) is 16.0. The summed E-state index contributed by atoms with van der Waals surface area (Å²) in [6, 6.07) is 158. The van der Waals surface area contributed by atoms with Gasteiger partial charge in [-0.1, -0.05) is 376 Å². The lowest BCUT2D eigenvalue weighted by Gasteiger charge is -2.18. The Labute approximate surface area is 691 Å². The van der Waals surface area contributed by atoms with Crippen molar-refractivity contribution in [3.05, 3.63) is 437 Å². The van der Waals surface area contributed by atoms with E-state index in [1.54, 1.807) is 0 Å².